The minimum absolute atomic E-state index is 0.0270. The van der Waals surface area contributed by atoms with E-state index in [2.05, 4.69) is 11.6 Å². The third-order valence-electron chi connectivity index (χ3n) is 3.32. The maximum absolute atomic E-state index is 12.3. The average molecular weight is 299 g/mol. The van der Waals surface area contributed by atoms with E-state index in [4.69, 9.17) is 5.11 Å². The number of aryl methyl sites for hydroxylation is 1. The smallest absolute Gasteiger partial charge is 0.240 e. The van der Waals surface area contributed by atoms with Gasteiger partial charge in [-0.25, -0.2) is 13.1 Å². The van der Waals surface area contributed by atoms with Gasteiger partial charge in [-0.2, -0.15) is 0 Å². The fourth-order valence-corrected chi connectivity index (χ4v) is 3.48. The van der Waals surface area contributed by atoms with Crippen LogP contribution in [-0.4, -0.2) is 26.2 Å². The van der Waals surface area contributed by atoms with Crippen molar-refractivity contribution in [2.75, 3.05) is 6.61 Å². The summed E-state index contributed by atoms with van der Waals surface area (Å²) < 4.78 is 27.3. The Bertz CT molecular complexity index is 494. The Balaban J connectivity index is 2.86. The van der Waals surface area contributed by atoms with E-state index in [1.54, 1.807) is 12.1 Å². The fraction of sp³-hybridized carbons (Fsp3) is 0.600. The molecule has 0 aliphatic carbocycles. The van der Waals surface area contributed by atoms with Gasteiger partial charge in [0.15, 0.2) is 0 Å². The van der Waals surface area contributed by atoms with Gasteiger partial charge in [-0.3, -0.25) is 0 Å². The van der Waals surface area contributed by atoms with Crippen LogP contribution in [0.5, 0.6) is 0 Å². The first-order valence-corrected chi connectivity index (χ1v) is 8.61. The van der Waals surface area contributed by atoms with Gasteiger partial charge in [-0.15, -0.1) is 0 Å². The molecule has 0 radical (unpaired) electrons. The van der Waals surface area contributed by atoms with E-state index >= 15 is 0 Å². The average Bonchev–Trinajstić information content (AvgIpc) is 2.39. The van der Waals surface area contributed by atoms with E-state index < -0.39 is 10.0 Å². The molecule has 0 heterocycles. The van der Waals surface area contributed by atoms with Gasteiger partial charge in [-0.05, 0) is 36.5 Å². The number of sulfonamides is 1. The molecule has 0 spiro atoms. The van der Waals surface area contributed by atoms with Gasteiger partial charge < -0.3 is 5.11 Å². The SMILES string of the molecule is CCCc1ccc(S(=O)(=O)NC(CCO)C(C)C)cc1. The molecule has 0 amide bonds. The Morgan fingerprint density at radius 2 is 1.80 bits per heavy atom. The molecule has 0 saturated heterocycles. The van der Waals surface area contributed by atoms with Crippen LogP contribution in [0.4, 0.5) is 0 Å². The monoisotopic (exact) mass is 299 g/mol. The Morgan fingerprint density at radius 3 is 2.25 bits per heavy atom. The van der Waals surface area contributed by atoms with Crippen LogP contribution in [0.25, 0.3) is 0 Å². The number of nitrogens with one attached hydrogen (secondary N) is 1. The molecule has 1 aromatic carbocycles. The predicted octanol–water partition coefficient (Wildman–Crippen LogP) is 2.32. The third kappa shape index (κ3) is 4.89. The third-order valence-corrected chi connectivity index (χ3v) is 4.83. The van der Waals surface area contributed by atoms with Crippen molar-refractivity contribution in [3.8, 4) is 0 Å². The van der Waals surface area contributed by atoms with E-state index in [9.17, 15) is 8.42 Å². The van der Waals surface area contributed by atoms with Crippen molar-refractivity contribution >= 4 is 10.0 Å². The molecule has 0 aliphatic rings. The normalized spacial score (nSPS) is 13.7. The van der Waals surface area contributed by atoms with E-state index in [1.807, 2.05) is 26.0 Å². The summed E-state index contributed by atoms with van der Waals surface area (Å²) >= 11 is 0. The van der Waals surface area contributed by atoms with Gasteiger partial charge in [0.1, 0.15) is 0 Å². The number of aliphatic hydroxyl groups is 1. The van der Waals surface area contributed by atoms with Crippen molar-refractivity contribution in [1.29, 1.82) is 0 Å². The Morgan fingerprint density at radius 1 is 1.20 bits per heavy atom. The van der Waals surface area contributed by atoms with E-state index in [0.717, 1.165) is 18.4 Å². The zero-order chi connectivity index (χ0) is 15.2. The summed E-state index contributed by atoms with van der Waals surface area (Å²) in [6.45, 7) is 5.94. The zero-order valence-corrected chi connectivity index (χ0v) is 13.3. The first-order chi connectivity index (χ1) is 9.40. The van der Waals surface area contributed by atoms with E-state index in [1.165, 1.54) is 0 Å². The summed E-state index contributed by atoms with van der Waals surface area (Å²) in [6, 6.07) is 6.75. The lowest BCUT2D eigenvalue weighted by molar-refractivity contribution is 0.256. The highest BCUT2D eigenvalue weighted by Gasteiger charge is 2.21. The summed E-state index contributed by atoms with van der Waals surface area (Å²) in [7, 11) is -3.52. The molecule has 0 fully saturated rings. The number of hydrogen-bond acceptors (Lipinski definition) is 3. The van der Waals surface area contributed by atoms with Gasteiger partial charge >= 0.3 is 0 Å². The predicted molar refractivity (Wildman–Crippen MR) is 81.1 cm³/mol. The van der Waals surface area contributed by atoms with E-state index in [-0.39, 0.29) is 23.5 Å². The van der Waals surface area contributed by atoms with Crippen molar-refractivity contribution in [2.45, 2.75) is 51.0 Å². The van der Waals surface area contributed by atoms with Crippen molar-refractivity contribution < 1.29 is 13.5 Å². The van der Waals surface area contributed by atoms with Crippen LogP contribution in [0, 0.1) is 5.92 Å². The molecule has 0 aliphatic heterocycles. The molecular formula is C15H25NO3S. The van der Waals surface area contributed by atoms with Crippen LogP contribution in [0.2, 0.25) is 0 Å². The maximum atomic E-state index is 12.3. The second-order valence-electron chi connectivity index (χ2n) is 5.38. The fourth-order valence-electron chi connectivity index (χ4n) is 2.06. The molecule has 1 rings (SSSR count). The van der Waals surface area contributed by atoms with Crippen LogP contribution in [0.15, 0.2) is 29.2 Å². The van der Waals surface area contributed by atoms with E-state index in [0.29, 0.717) is 6.42 Å². The second kappa shape index (κ2) is 7.76. The molecule has 2 N–H and O–H groups in total. The van der Waals surface area contributed by atoms with Crippen LogP contribution in [-0.2, 0) is 16.4 Å². The lowest BCUT2D eigenvalue weighted by atomic mass is 10.0. The van der Waals surface area contributed by atoms with Gasteiger partial charge in [0.2, 0.25) is 10.0 Å². The molecule has 0 aromatic heterocycles. The molecule has 0 saturated carbocycles. The summed E-state index contributed by atoms with van der Waals surface area (Å²) in [5.74, 6) is 0.135. The number of benzene rings is 1. The van der Waals surface area contributed by atoms with Crippen molar-refractivity contribution in [3.63, 3.8) is 0 Å². The van der Waals surface area contributed by atoms with Gasteiger partial charge in [-0.1, -0.05) is 39.3 Å². The van der Waals surface area contributed by atoms with Crippen LogP contribution in [0.1, 0.15) is 39.2 Å². The minimum Gasteiger partial charge on any atom is -0.396 e. The molecular weight excluding hydrogens is 274 g/mol. The summed E-state index contributed by atoms with van der Waals surface area (Å²) in [4.78, 5) is 0.279. The molecule has 114 valence electrons. The van der Waals surface area contributed by atoms with Crippen molar-refractivity contribution in [1.82, 2.24) is 4.72 Å². The number of rotatable bonds is 8. The lowest BCUT2D eigenvalue weighted by Crippen LogP contribution is -2.39. The van der Waals surface area contributed by atoms with Crippen LogP contribution in [0.3, 0.4) is 0 Å². The highest BCUT2D eigenvalue weighted by molar-refractivity contribution is 7.89. The minimum atomic E-state index is -3.52. The molecule has 1 aromatic rings. The zero-order valence-electron chi connectivity index (χ0n) is 12.5. The Kier molecular flexibility index (Phi) is 6.65. The molecule has 1 atom stereocenters. The van der Waals surface area contributed by atoms with Gasteiger partial charge in [0.05, 0.1) is 4.90 Å². The van der Waals surface area contributed by atoms with Crippen LogP contribution < -0.4 is 4.72 Å². The lowest BCUT2D eigenvalue weighted by Gasteiger charge is -2.21. The summed E-state index contributed by atoms with van der Waals surface area (Å²) in [5.41, 5.74) is 1.14. The molecule has 1 unspecified atom stereocenters. The number of hydrogen-bond donors (Lipinski definition) is 2. The molecule has 4 nitrogen and oxygen atoms in total. The first kappa shape index (κ1) is 17.1. The molecule has 20 heavy (non-hydrogen) atoms. The first-order valence-electron chi connectivity index (χ1n) is 7.12. The quantitative estimate of drug-likeness (QED) is 0.774. The Labute approximate surface area is 122 Å². The van der Waals surface area contributed by atoms with Gasteiger partial charge in [0, 0.05) is 12.6 Å². The summed E-state index contributed by atoms with van der Waals surface area (Å²) in [5, 5.41) is 9.01. The van der Waals surface area contributed by atoms with Crippen LogP contribution >= 0.6 is 0 Å². The Hall–Kier alpha value is -0.910. The van der Waals surface area contributed by atoms with Crippen molar-refractivity contribution in [2.24, 2.45) is 5.92 Å². The highest BCUT2D eigenvalue weighted by atomic mass is 32.2. The largest absolute Gasteiger partial charge is 0.396 e. The molecule has 5 heteroatoms. The van der Waals surface area contributed by atoms with Crippen molar-refractivity contribution in [3.05, 3.63) is 29.8 Å². The topological polar surface area (TPSA) is 66.4 Å². The molecule has 0 bridgehead atoms. The second-order valence-corrected chi connectivity index (χ2v) is 7.09. The highest BCUT2D eigenvalue weighted by Crippen LogP contribution is 2.15. The van der Waals surface area contributed by atoms with Gasteiger partial charge in [0.25, 0.3) is 0 Å². The summed E-state index contributed by atoms with van der Waals surface area (Å²) in [6.07, 6.45) is 2.41. The maximum Gasteiger partial charge on any atom is 0.240 e. The standard InChI is InChI=1S/C15H25NO3S/c1-4-5-13-6-8-14(9-7-13)20(18,19)16-15(10-11-17)12(2)3/h6-9,12,15-17H,4-5,10-11H2,1-3H3. The number of aliphatic hydroxyl groups excluding tert-OH is 1.